The lowest BCUT2D eigenvalue weighted by molar-refractivity contribution is 0.0592. The highest BCUT2D eigenvalue weighted by atomic mass is 79.9. The second-order valence-electron chi connectivity index (χ2n) is 16.1. The molecule has 0 atom stereocenters. The summed E-state index contributed by atoms with van der Waals surface area (Å²) in [5.74, 6) is -0.0380. The zero-order valence-electron chi connectivity index (χ0n) is 41.8. The van der Waals surface area contributed by atoms with Gasteiger partial charge in [-0.1, -0.05) is 135 Å². The van der Waals surface area contributed by atoms with Crippen molar-refractivity contribution in [2.24, 2.45) is 4.99 Å². The molecule has 10 rings (SSSR count). The third kappa shape index (κ3) is 22.3. The molecule has 5 heterocycles. The Morgan fingerprint density at radius 3 is 1.04 bits per heavy atom. The minimum absolute atomic E-state index is 0.0993. The molecule has 9 aromatic rings. The number of allylic oxidation sites excluding steroid dienone is 1. The zero-order chi connectivity index (χ0) is 53.3. The molecular formula is C58H60Br2ClN9O5. The second kappa shape index (κ2) is 34.1. The molecule has 0 saturated heterocycles. The number of esters is 2. The summed E-state index contributed by atoms with van der Waals surface area (Å²) in [5.41, 5.74) is 10.5. The van der Waals surface area contributed by atoms with Gasteiger partial charge in [0.15, 0.2) is 0 Å². The average molecular weight is 1160 g/mol. The maximum atomic E-state index is 11.2. The molecule has 1 aliphatic heterocycles. The highest BCUT2D eigenvalue weighted by Crippen LogP contribution is 2.12. The third-order valence-corrected chi connectivity index (χ3v) is 12.2. The first kappa shape index (κ1) is 58.4. The van der Waals surface area contributed by atoms with Gasteiger partial charge >= 0.3 is 11.9 Å². The standard InChI is InChI=1S/C12H12N2O2.C11H11BrN2.C11H11ClN2.C11H12N2O.C9H9BrO2.C4H5N/c1-16-12(15)11-5-3-10(4-6-11)9-14-8-2-7-13-14;2*12-8-10-2-4-11(5-3-10)9-14-7-1-6-13-14;14-9-11-4-2-10(3-5-11)8-13-7-1-6-12-13;1-12-9(11)8-4-2-7(6-10)3-5-8;1-2-4-5-3-1/h2-8H,9H2,1H3;2*1-7H,8-9H2;1-7,14H,8-9H2;2-5H,6H2,1H3;1-3H,4H2. The molecule has 0 amide bonds. The topological polar surface area (TPSA) is 156 Å². The van der Waals surface area contributed by atoms with Crippen molar-refractivity contribution in [3.8, 4) is 0 Å². The number of aliphatic imine (C=N–C) groups is 1. The van der Waals surface area contributed by atoms with Gasteiger partial charge in [-0.05, 0) is 99.1 Å². The Kier molecular flexibility index (Phi) is 26.5. The summed E-state index contributed by atoms with van der Waals surface area (Å²) in [5, 5.41) is 27.1. The number of rotatable bonds is 14. The van der Waals surface area contributed by atoms with Crippen LogP contribution in [0, 0.1) is 0 Å². The van der Waals surface area contributed by atoms with Gasteiger partial charge in [0, 0.05) is 72.3 Å². The van der Waals surface area contributed by atoms with Crippen LogP contribution in [0.1, 0.15) is 65.2 Å². The van der Waals surface area contributed by atoms with Crippen molar-refractivity contribution >= 4 is 61.6 Å². The Morgan fingerprint density at radius 1 is 0.493 bits per heavy atom. The normalized spacial score (nSPS) is 10.6. The van der Waals surface area contributed by atoms with Crippen LogP contribution in [-0.4, -0.2) is 83.1 Å². The van der Waals surface area contributed by atoms with Crippen LogP contribution in [0.3, 0.4) is 0 Å². The van der Waals surface area contributed by atoms with Crippen molar-refractivity contribution in [1.82, 2.24) is 39.1 Å². The molecule has 1 N–H and O–H groups in total. The van der Waals surface area contributed by atoms with E-state index < -0.39 is 0 Å². The van der Waals surface area contributed by atoms with E-state index in [1.807, 2.05) is 141 Å². The summed E-state index contributed by atoms with van der Waals surface area (Å²) in [7, 11) is 2.75. The Morgan fingerprint density at radius 2 is 0.800 bits per heavy atom. The van der Waals surface area contributed by atoms with Gasteiger partial charge in [-0.25, -0.2) is 9.59 Å². The summed E-state index contributed by atoms with van der Waals surface area (Å²) in [6.45, 7) is 4.13. The second-order valence-corrected chi connectivity index (χ2v) is 17.5. The van der Waals surface area contributed by atoms with Crippen molar-refractivity contribution in [2.75, 3.05) is 20.8 Å². The molecule has 5 aromatic carbocycles. The number of carbonyl (C=O) groups is 2. The van der Waals surface area contributed by atoms with E-state index in [0.717, 1.165) is 59.1 Å². The van der Waals surface area contributed by atoms with Crippen molar-refractivity contribution in [2.45, 2.75) is 49.3 Å². The van der Waals surface area contributed by atoms with Crippen LogP contribution in [-0.2, 0) is 58.8 Å². The predicted octanol–water partition coefficient (Wildman–Crippen LogP) is 11.6. The molecular weight excluding hydrogens is 1100 g/mol. The summed E-state index contributed by atoms with van der Waals surface area (Å²) in [6.07, 6.45) is 20.6. The number of alkyl halides is 3. The van der Waals surface area contributed by atoms with Crippen molar-refractivity contribution in [3.63, 3.8) is 0 Å². The van der Waals surface area contributed by atoms with Gasteiger partial charge in [0.1, 0.15) is 0 Å². The van der Waals surface area contributed by atoms with E-state index in [2.05, 4.69) is 103 Å². The lowest BCUT2D eigenvalue weighted by Gasteiger charge is -2.03. The van der Waals surface area contributed by atoms with Gasteiger partial charge in [0.2, 0.25) is 0 Å². The number of ether oxygens (including phenoxy) is 2. The molecule has 75 heavy (non-hydrogen) atoms. The molecule has 388 valence electrons. The SMILES string of the molecule is BrCc1ccc(Cn2cccn2)cc1.C1=CCN=C1.COC(=O)c1ccc(CBr)cc1.COC(=O)c1ccc(Cn2cccn2)cc1.ClCc1ccc(Cn2cccn2)cc1.OCc1ccc(Cn2cccn2)cc1. The Hall–Kier alpha value is -7.50. The first-order valence-corrected chi connectivity index (χ1v) is 26.4. The Balaban J connectivity index is 0.000000170. The fourth-order valence-corrected chi connectivity index (χ4v) is 7.48. The first-order valence-electron chi connectivity index (χ1n) is 23.6. The number of aromatic nitrogens is 8. The number of carbonyl (C=O) groups excluding carboxylic acids is 2. The summed E-state index contributed by atoms with van der Waals surface area (Å²) < 4.78 is 16.7. The molecule has 0 radical (unpaired) electrons. The van der Waals surface area contributed by atoms with Crippen LogP contribution in [0.25, 0.3) is 0 Å². The largest absolute Gasteiger partial charge is 0.465 e. The number of hydrogen-bond donors (Lipinski definition) is 1. The van der Waals surface area contributed by atoms with E-state index >= 15 is 0 Å². The number of benzene rings is 5. The van der Waals surface area contributed by atoms with E-state index in [9.17, 15) is 9.59 Å². The molecule has 0 unspecified atom stereocenters. The molecule has 0 spiro atoms. The molecule has 1 aliphatic rings. The van der Waals surface area contributed by atoms with Crippen LogP contribution in [0.4, 0.5) is 0 Å². The monoisotopic (exact) mass is 1160 g/mol. The average Bonchev–Trinajstić information content (AvgIpc) is 4.35. The van der Waals surface area contributed by atoms with Crippen molar-refractivity contribution in [1.29, 1.82) is 0 Å². The highest BCUT2D eigenvalue weighted by molar-refractivity contribution is 9.08. The molecule has 0 aliphatic carbocycles. The molecule has 0 saturated carbocycles. The van der Waals surface area contributed by atoms with Crippen LogP contribution in [0.15, 0.2) is 212 Å². The molecule has 14 nitrogen and oxygen atoms in total. The van der Waals surface area contributed by atoms with Crippen molar-refractivity contribution < 1.29 is 24.2 Å². The zero-order valence-corrected chi connectivity index (χ0v) is 45.7. The van der Waals surface area contributed by atoms with Crippen LogP contribution < -0.4 is 0 Å². The Labute approximate surface area is 460 Å². The number of methoxy groups -OCH3 is 2. The van der Waals surface area contributed by atoms with Crippen LogP contribution in [0.2, 0.25) is 0 Å². The number of halogens is 3. The molecule has 0 bridgehead atoms. The van der Waals surface area contributed by atoms with Crippen LogP contribution >= 0.6 is 43.5 Å². The van der Waals surface area contributed by atoms with E-state index in [0.29, 0.717) is 23.6 Å². The van der Waals surface area contributed by atoms with Gasteiger partial charge in [0.25, 0.3) is 0 Å². The lowest BCUT2D eigenvalue weighted by Crippen LogP contribution is -2.03. The van der Waals surface area contributed by atoms with E-state index in [-0.39, 0.29) is 18.5 Å². The minimum atomic E-state index is -0.314. The van der Waals surface area contributed by atoms with E-state index in [1.54, 1.807) is 55.3 Å². The minimum Gasteiger partial charge on any atom is -0.465 e. The Bertz CT molecular complexity index is 2770. The summed E-state index contributed by atoms with van der Waals surface area (Å²) in [4.78, 5) is 26.0. The molecule has 17 heteroatoms. The summed E-state index contributed by atoms with van der Waals surface area (Å²) in [6, 6.07) is 46.9. The third-order valence-electron chi connectivity index (χ3n) is 10.6. The van der Waals surface area contributed by atoms with Crippen LogP contribution in [0.5, 0.6) is 0 Å². The predicted molar refractivity (Wildman–Crippen MR) is 303 cm³/mol. The van der Waals surface area contributed by atoms with Crippen molar-refractivity contribution in [3.05, 3.63) is 263 Å². The van der Waals surface area contributed by atoms with Gasteiger partial charge in [-0.2, -0.15) is 20.4 Å². The fraction of sp³-hybridized carbons (Fsp3) is 0.190. The first-order chi connectivity index (χ1) is 36.7. The van der Waals surface area contributed by atoms with Gasteiger partial charge < -0.3 is 14.6 Å². The lowest BCUT2D eigenvalue weighted by atomic mass is 10.1. The maximum absolute atomic E-state index is 11.2. The smallest absolute Gasteiger partial charge is 0.337 e. The van der Waals surface area contributed by atoms with Gasteiger partial charge in [0.05, 0.1) is 64.7 Å². The maximum Gasteiger partial charge on any atom is 0.337 e. The van der Waals surface area contributed by atoms with Gasteiger partial charge in [-0.15, -0.1) is 11.6 Å². The number of nitrogens with zero attached hydrogens (tertiary/aromatic N) is 9. The van der Waals surface area contributed by atoms with Gasteiger partial charge in [-0.3, -0.25) is 23.7 Å². The summed E-state index contributed by atoms with van der Waals surface area (Å²) >= 11 is 12.4. The number of hydrogen-bond acceptors (Lipinski definition) is 10. The number of aliphatic hydroxyl groups excluding tert-OH is 1. The quantitative estimate of drug-likeness (QED) is 0.0827. The number of aliphatic hydroxyl groups is 1. The highest BCUT2D eigenvalue weighted by Gasteiger charge is 2.05. The fourth-order valence-electron chi connectivity index (χ4n) is 6.56. The molecule has 4 aromatic heterocycles. The van der Waals surface area contributed by atoms with E-state index in [1.165, 1.54) is 36.5 Å². The van der Waals surface area contributed by atoms with E-state index in [4.69, 9.17) is 16.7 Å². The molecule has 0 fully saturated rings.